The van der Waals surface area contributed by atoms with E-state index in [0.717, 1.165) is 18.4 Å². The van der Waals surface area contributed by atoms with Crippen molar-refractivity contribution in [3.63, 3.8) is 0 Å². The molecular weight excluding hydrogens is 228 g/mol. The first-order valence-corrected chi connectivity index (χ1v) is 6.90. The van der Waals surface area contributed by atoms with Crippen LogP contribution in [0.15, 0.2) is 12.4 Å². The zero-order chi connectivity index (χ0) is 12.0. The SMILES string of the molecule is CCc1cc(NCCNS(C)(=O)=O)ncn1. The lowest BCUT2D eigenvalue weighted by Gasteiger charge is -2.06. The van der Waals surface area contributed by atoms with Crippen LogP contribution >= 0.6 is 0 Å². The molecule has 0 unspecified atom stereocenters. The van der Waals surface area contributed by atoms with Crippen molar-refractivity contribution in [2.45, 2.75) is 13.3 Å². The van der Waals surface area contributed by atoms with Gasteiger partial charge in [-0.15, -0.1) is 0 Å². The molecule has 2 N–H and O–H groups in total. The first-order chi connectivity index (χ1) is 7.51. The van der Waals surface area contributed by atoms with Crippen LogP contribution < -0.4 is 10.0 Å². The maximum atomic E-state index is 10.8. The monoisotopic (exact) mass is 244 g/mol. The van der Waals surface area contributed by atoms with Crippen LogP contribution in [-0.4, -0.2) is 37.7 Å². The molecule has 1 heterocycles. The van der Waals surface area contributed by atoms with Crippen LogP contribution in [0.25, 0.3) is 0 Å². The van der Waals surface area contributed by atoms with Crippen LogP contribution in [0, 0.1) is 0 Å². The lowest BCUT2D eigenvalue weighted by molar-refractivity contribution is 0.589. The van der Waals surface area contributed by atoms with Gasteiger partial charge in [-0.05, 0) is 6.42 Å². The summed E-state index contributed by atoms with van der Waals surface area (Å²) in [5.74, 6) is 0.710. The first-order valence-electron chi connectivity index (χ1n) is 5.00. The van der Waals surface area contributed by atoms with E-state index >= 15 is 0 Å². The predicted octanol–water partition coefficient (Wildman–Crippen LogP) is 0.000100. The highest BCUT2D eigenvalue weighted by Gasteiger charge is 1.99. The average Bonchev–Trinajstić information content (AvgIpc) is 2.23. The molecule has 7 heteroatoms. The smallest absolute Gasteiger partial charge is 0.208 e. The van der Waals surface area contributed by atoms with E-state index in [-0.39, 0.29) is 0 Å². The second kappa shape index (κ2) is 5.76. The van der Waals surface area contributed by atoms with Crippen LogP contribution in [0.1, 0.15) is 12.6 Å². The van der Waals surface area contributed by atoms with Crippen LogP contribution in [0.4, 0.5) is 5.82 Å². The molecule has 1 rings (SSSR count). The predicted molar refractivity (Wildman–Crippen MR) is 62.7 cm³/mol. The number of nitrogens with zero attached hydrogens (tertiary/aromatic N) is 2. The standard InChI is InChI=1S/C9H16N4O2S/c1-3-8-6-9(12-7-11-8)10-4-5-13-16(2,14)15/h6-7,13H,3-5H2,1-2H3,(H,10,11,12). The van der Waals surface area contributed by atoms with Crippen molar-refractivity contribution >= 4 is 15.8 Å². The maximum Gasteiger partial charge on any atom is 0.208 e. The summed E-state index contributed by atoms with van der Waals surface area (Å²) in [7, 11) is -3.11. The summed E-state index contributed by atoms with van der Waals surface area (Å²) >= 11 is 0. The summed E-state index contributed by atoms with van der Waals surface area (Å²) in [4.78, 5) is 8.08. The van der Waals surface area contributed by atoms with E-state index in [4.69, 9.17) is 0 Å². The van der Waals surface area contributed by atoms with Gasteiger partial charge < -0.3 is 5.32 Å². The van der Waals surface area contributed by atoms with Crippen LogP contribution in [0.2, 0.25) is 0 Å². The molecule has 0 aliphatic heterocycles. The Bertz CT molecular complexity index is 433. The van der Waals surface area contributed by atoms with Gasteiger partial charge in [-0.25, -0.2) is 23.1 Å². The molecule has 0 spiro atoms. The van der Waals surface area contributed by atoms with Crippen molar-refractivity contribution in [2.24, 2.45) is 0 Å². The molecule has 0 aliphatic rings. The van der Waals surface area contributed by atoms with E-state index in [1.54, 1.807) is 0 Å². The van der Waals surface area contributed by atoms with E-state index in [0.29, 0.717) is 18.9 Å². The molecule has 0 fully saturated rings. The van der Waals surface area contributed by atoms with Gasteiger partial charge in [-0.1, -0.05) is 6.92 Å². The molecule has 0 bridgehead atoms. The van der Waals surface area contributed by atoms with Gasteiger partial charge in [0.1, 0.15) is 12.1 Å². The Kier molecular flexibility index (Phi) is 4.63. The van der Waals surface area contributed by atoms with E-state index in [1.165, 1.54) is 6.33 Å². The summed E-state index contributed by atoms with van der Waals surface area (Å²) < 4.78 is 23.9. The molecule has 6 nitrogen and oxygen atoms in total. The molecule has 0 aliphatic carbocycles. The zero-order valence-electron chi connectivity index (χ0n) is 9.40. The van der Waals surface area contributed by atoms with Crippen molar-refractivity contribution in [3.05, 3.63) is 18.1 Å². The molecule has 1 aromatic rings. The lowest BCUT2D eigenvalue weighted by Crippen LogP contribution is -2.27. The highest BCUT2D eigenvalue weighted by molar-refractivity contribution is 7.88. The summed E-state index contributed by atoms with van der Waals surface area (Å²) in [5.41, 5.74) is 0.952. The fraction of sp³-hybridized carbons (Fsp3) is 0.556. The van der Waals surface area contributed by atoms with Gasteiger partial charge in [0.25, 0.3) is 0 Å². The maximum absolute atomic E-state index is 10.8. The minimum Gasteiger partial charge on any atom is -0.369 e. The van der Waals surface area contributed by atoms with Gasteiger partial charge in [0, 0.05) is 24.8 Å². The summed E-state index contributed by atoms with van der Waals surface area (Å²) in [6, 6.07) is 1.85. The number of anilines is 1. The average molecular weight is 244 g/mol. The van der Waals surface area contributed by atoms with Crippen molar-refractivity contribution in [1.82, 2.24) is 14.7 Å². The number of sulfonamides is 1. The topological polar surface area (TPSA) is 84.0 Å². The summed E-state index contributed by atoms with van der Waals surface area (Å²) in [6.07, 6.45) is 3.47. The van der Waals surface area contributed by atoms with Crippen molar-refractivity contribution < 1.29 is 8.42 Å². The van der Waals surface area contributed by atoms with Gasteiger partial charge >= 0.3 is 0 Å². The van der Waals surface area contributed by atoms with Crippen molar-refractivity contribution in [3.8, 4) is 0 Å². The molecule has 0 saturated heterocycles. The summed E-state index contributed by atoms with van der Waals surface area (Å²) in [6.45, 7) is 2.84. The fourth-order valence-electron chi connectivity index (χ4n) is 1.11. The number of rotatable bonds is 6. The molecule has 0 amide bonds. The molecule has 0 atom stereocenters. The van der Waals surface area contributed by atoms with Gasteiger partial charge in [-0.2, -0.15) is 0 Å². The Morgan fingerprint density at radius 2 is 2.06 bits per heavy atom. The largest absolute Gasteiger partial charge is 0.369 e. The summed E-state index contributed by atoms with van der Waals surface area (Å²) in [5, 5.41) is 3.01. The lowest BCUT2D eigenvalue weighted by atomic mass is 10.3. The highest BCUT2D eigenvalue weighted by atomic mass is 32.2. The van der Waals surface area contributed by atoms with Gasteiger partial charge in [-0.3, -0.25) is 0 Å². The third-order valence-electron chi connectivity index (χ3n) is 1.88. The zero-order valence-corrected chi connectivity index (χ0v) is 10.2. The Morgan fingerprint density at radius 3 is 2.69 bits per heavy atom. The number of nitrogens with one attached hydrogen (secondary N) is 2. The third kappa shape index (κ3) is 5.04. The van der Waals surface area contributed by atoms with E-state index in [9.17, 15) is 8.42 Å². The van der Waals surface area contributed by atoms with Crippen molar-refractivity contribution in [1.29, 1.82) is 0 Å². The van der Waals surface area contributed by atoms with E-state index < -0.39 is 10.0 Å². The second-order valence-electron chi connectivity index (χ2n) is 3.34. The van der Waals surface area contributed by atoms with Gasteiger partial charge in [0.15, 0.2) is 0 Å². The molecule has 0 radical (unpaired) electrons. The van der Waals surface area contributed by atoms with Crippen LogP contribution in [0.5, 0.6) is 0 Å². The molecule has 1 aromatic heterocycles. The first kappa shape index (κ1) is 12.9. The second-order valence-corrected chi connectivity index (χ2v) is 5.17. The molecule has 90 valence electrons. The Balaban J connectivity index is 2.37. The van der Waals surface area contributed by atoms with Gasteiger partial charge in [0.05, 0.1) is 6.26 Å². The minimum atomic E-state index is -3.11. The van der Waals surface area contributed by atoms with Crippen molar-refractivity contribution in [2.75, 3.05) is 24.7 Å². The number of hydrogen-bond donors (Lipinski definition) is 2. The molecule has 0 aromatic carbocycles. The van der Waals surface area contributed by atoms with E-state index in [1.807, 2.05) is 13.0 Å². The number of aryl methyl sites for hydroxylation is 1. The quantitative estimate of drug-likeness (QED) is 0.688. The molecule has 16 heavy (non-hydrogen) atoms. The third-order valence-corrected chi connectivity index (χ3v) is 2.61. The van der Waals surface area contributed by atoms with Crippen LogP contribution in [0.3, 0.4) is 0 Å². The molecule has 0 saturated carbocycles. The number of aromatic nitrogens is 2. The Labute approximate surface area is 95.6 Å². The Hall–Kier alpha value is -1.21. The molecular formula is C9H16N4O2S. The Morgan fingerprint density at radius 1 is 1.31 bits per heavy atom. The normalized spacial score (nSPS) is 11.4. The fourth-order valence-corrected chi connectivity index (χ4v) is 1.59. The van der Waals surface area contributed by atoms with Crippen LogP contribution in [-0.2, 0) is 16.4 Å². The highest BCUT2D eigenvalue weighted by Crippen LogP contribution is 2.03. The number of hydrogen-bond acceptors (Lipinski definition) is 5. The van der Waals surface area contributed by atoms with E-state index in [2.05, 4.69) is 20.0 Å². The van der Waals surface area contributed by atoms with Gasteiger partial charge in [0.2, 0.25) is 10.0 Å². The minimum absolute atomic E-state index is 0.338.